The van der Waals surface area contributed by atoms with Crippen molar-refractivity contribution in [2.75, 3.05) is 26.4 Å². The van der Waals surface area contributed by atoms with E-state index in [2.05, 4.69) is 40.7 Å². The molecule has 6 aliphatic rings. The number of benzene rings is 1. The van der Waals surface area contributed by atoms with Crippen LogP contribution in [0.1, 0.15) is 104 Å². The summed E-state index contributed by atoms with van der Waals surface area (Å²) >= 11 is 0. The van der Waals surface area contributed by atoms with Crippen LogP contribution >= 0.6 is 0 Å². The van der Waals surface area contributed by atoms with Gasteiger partial charge in [0.25, 0.3) is 0 Å². The van der Waals surface area contributed by atoms with E-state index >= 15 is 0 Å². The average molecular weight is 785 g/mol. The zero-order chi connectivity index (χ0) is 40.5. The Bertz CT molecular complexity index is 1600. The molecule has 0 spiro atoms. The van der Waals surface area contributed by atoms with Gasteiger partial charge in [-0.15, -0.1) is 0 Å². The van der Waals surface area contributed by atoms with Gasteiger partial charge in [0.2, 0.25) is 0 Å². The molecule has 1 saturated heterocycles. The molecule has 7 N–H and O–H groups in total. The molecule has 314 valence electrons. The second kappa shape index (κ2) is 15.3. The van der Waals surface area contributed by atoms with Crippen molar-refractivity contribution >= 4 is 5.97 Å². The molecule has 5 aliphatic carbocycles. The van der Waals surface area contributed by atoms with Gasteiger partial charge in [-0.1, -0.05) is 76.6 Å². The molecule has 0 aromatic heterocycles. The predicted octanol–water partition coefficient (Wildman–Crippen LogP) is 4.84. The molecule has 56 heavy (non-hydrogen) atoms. The van der Waals surface area contributed by atoms with Crippen molar-refractivity contribution in [3.8, 4) is 0 Å². The third-order valence-corrected chi connectivity index (χ3v) is 17.2. The summed E-state index contributed by atoms with van der Waals surface area (Å²) in [5.74, 6) is -0.883. The molecule has 1 aromatic carbocycles. The number of hydrogen-bond acceptors (Lipinski definition) is 10. The van der Waals surface area contributed by atoms with Crippen LogP contribution in [0.2, 0.25) is 0 Å². The van der Waals surface area contributed by atoms with Crippen molar-refractivity contribution < 1.29 is 54.8 Å². The van der Waals surface area contributed by atoms with Crippen LogP contribution in [0.3, 0.4) is 0 Å². The molecule has 7 rings (SSSR count). The molecule has 11 heteroatoms. The normalized spacial score (nSPS) is 48.8. The van der Waals surface area contributed by atoms with E-state index < -0.39 is 59.0 Å². The molecule has 1 aromatic rings. The number of carboxylic acids is 1. The summed E-state index contributed by atoms with van der Waals surface area (Å²) in [5, 5.41) is 75.3. The van der Waals surface area contributed by atoms with Crippen LogP contribution in [-0.2, 0) is 25.6 Å². The first kappa shape index (κ1) is 42.2. The lowest BCUT2D eigenvalue weighted by Gasteiger charge is -2.73. The first-order chi connectivity index (χ1) is 26.5. The lowest BCUT2D eigenvalue weighted by atomic mass is 9.32. The molecule has 0 bridgehead atoms. The van der Waals surface area contributed by atoms with E-state index in [0.717, 1.165) is 31.2 Å². The van der Waals surface area contributed by atoms with Crippen molar-refractivity contribution in [1.29, 1.82) is 0 Å². The Kier molecular flexibility index (Phi) is 11.5. The minimum absolute atomic E-state index is 0.0187. The standard InChI is InChI=1S/C45H68O11/c1-40(25-47)15-17-45(39(52)53)18-16-43(4)29(30(45)21-40)20-28(12-9-19-46)36-41(2)22-32(54-23-27-10-7-6-8-11-27)37(56-38-35(51)34(50)31(49)24-55-38)42(3,26-48)33(41)13-14-44(36,43)5/h6-8,10-11,20,28,30-38,46-51H,9,12-19,21-26H2,1-5H3,(H,52,53)/t28-,30+,31-,32-,33+,34+,35-,36-,37-,38+,40+,41+,42+,43-,44-,45+/m1/s1. The van der Waals surface area contributed by atoms with Crippen LogP contribution in [0.5, 0.6) is 0 Å². The second-order valence-electron chi connectivity index (χ2n) is 20.2. The van der Waals surface area contributed by atoms with Crippen LogP contribution in [0.15, 0.2) is 42.0 Å². The number of carboxylic acid groups (broad SMARTS) is 1. The zero-order valence-electron chi connectivity index (χ0n) is 34.1. The summed E-state index contributed by atoms with van der Waals surface area (Å²) in [4.78, 5) is 13.4. The van der Waals surface area contributed by atoms with Crippen molar-refractivity contribution in [3.63, 3.8) is 0 Å². The topological polar surface area (TPSA) is 186 Å². The molecule has 16 atom stereocenters. The molecule has 1 heterocycles. The summed E-state index contributed by atoms with van der Waals surface area (Å²) < 4.78 is 19.4. The van der Waals surface area contributed by atoms with Gasteiger partial charge in [0.05, 0.1) is 37.4 Å². The highest BCUT2D eigenvalue weighted by atomic mass is 16.7. The van der Waals surface area contributed by atoms with Crippen LogP contribution in [0, 0.1) is 56.2 Å². The number of fused-ring (bicyclic) bond motifs is 7. The summed E-state index contributed by atoms with van der Waals surface area (Å²) in [6, 6.07) is 9.89. The van der Waals surface area contributed by atoms with E-state index in [9.17, 15) is 40.5 Å². The lowest BCUT2D eigenvalue weighted by molar-refractivity contribution is -0.334. The minimum atomic E-state index is -1.50. The van der Waals surface area contributed by atoms with E-state index in [1.54, 1.807) is 0 Å². The van der Waals surface area contributed by atoms with Gasteiger partial charge in [0.15, 0.2) is 6.29 Å². The summed E-state index contributed by atoms with van der Waals surface area (Å²) in [6.45, 7) is 11.2. The summed E-state index contributed by atoms with van der Waals surface area (Å²) in [7, 11) is 0. The minimum Gasteiger partial charge on any atom is -0.481 e. The first-order valence-corrected chi connectivity index (χ1v) is 21.2. The fourth-order valence-electron chi connectivity index (χ4n) is 13.9. The number of carbonyl (C=O) groups is 1. The van der Waals surface area contributed by atoms with Crippen LogP contribution in [0.4, 0.5) is 0 Å². The van der Waals surface area contributed by atoms with Crippen LogP contribution in [-0.4, -0.2) is 105 Å². The van der Waals surface area contributed by atoms with Gasteiger partial charge in [-0.25, -0.2) is 0 Å². The van der Waals surface area contributed by atoms with E-state index in [-0.39, 0.29) is 66.3 Å². The maximum atomic E-state index is 13.4. The maximum absolute atomic E-state index is 13.4. The maximum Gasteiger partial charge on any atom is 0.310 e. The van der Waals surface area contributed by atoms with Gasteiger partial charge < -0.3 is 50.0 Å². The number of aliphatic hydroxyl groups is 6. The number of allylic oxidation sites excluding steroid dienone is 2. The third-order valence-electron chi connectivity index (χ3n) is 17.2. The monoisotopic (exact) mass is 784 g/mol. The van der Waals surface area contributed by atoms with E-state index in [0.29, 0.717) is 45.1 Å². The Morgan fingerprint density at radius 1 is 0.893 bits per heavy atom. The van der Waals surface area contributed by atoms with Crippen molar-refractivity contribution in [2.24, 2.45) is 56.2 Å². The Morgan fingerprint density at radius 3 is 2.27 bits per heavy atom. The SMILES string of the molecule is C[C@]1(CO)CC[C@]2(C(=O)O)CC[C@]3(C)C(=C[C@@H](CCCO)[C@@H]4[C@@]5(C)C[C@@H](OCc6ccccc6)[C@@H](O[C@@H]6OC[C@@H](O)[C@H](O)[C@H]6O)[C@@](C)(CO)[C@H]5CC[C@]43C)[C@@H]2C1. The Balaban J connectivity index is 1.34. The Hall–Kier alpha value is -1.93. The molecule has 1 aliphatic heterocycles. The highest BCUT2D eigenvalue weighted by molar-refractivity contribution is 5.76. The molecule has 5 fully saturated rings. The number of hydrogen-bond donors (Lipinski definition) is 7. The number of aliphatic hydroxyl groups excluding tert-OH is 6. The van der Waals surface area contributed by atoms with Crippen molar-refractivity contribution in [1.82, 2.24) is 0 Å². The highest BCUT2D eigenvalue weighted by Crippen LogP contribution is 2.77. The smallest absolute Gasteiger partial charge is 0.310 e. The molecule has 0 unspecified atom stereocenters. The van der Waals surface area contributed by atoms with Crippen molar-refractivity contribution in [2.45, 2.75) is 142 Å². The van der Waals surface area contributed by atoms with Gasteiger partial charge in [-0.05, 0) is 115 Å². The largest absolute Gasteiger partial charge is 0.481 e. The molecular weight excluding hydrogens is 716 g/mol. The molecular formula is C45H68O11. The van der Waals surface area contributed by atoms with Crippen molar-refractivity contribution in [3.05, 3.63) is 47.5 Å². The van der Waals surface area contributed by atoms with Gasteiger partial charge >= 0.3 is 5.97 Å². The Labute approximate surface area is 332 Å². The quantitative estimate of drug-likeness (QED) is 0.120. The van der Waals surface area contributed by atoms with E-state index in [1.165, 1.54) is 5.57 Å². The van der Waals surface area contributed by atoms with Gasteiger partial charge in [0.1, 0.15) is 18.3 Å². The number of rotatable bonds is 11. The number of ether oxygens (including phenoxy) is 3. The van der Waals surface area contributed by atoms with Gasteiger partial charge in [-0.3, -0.25) is 4.79 Å². The molecule has 0 amide bonds. The predicted molar refractivity (Wildman–Crippen MR) is 208 cm³/mol. The highest BCUT2D eigenvalue weighted by Gasteiger charge is 2.72. The molecule has 4 saturated carbocycles. The fraction of sp³-hybridized carbons (Fsp3) is 0.800. The Morgan fingerprint density at radius 2 is 1.61 bits per heavy atom. The van der Waals surface area contributed by atoms with E-state index in [4.69, 9.17) is 14.2 Å². The second-order valence-corrected chi connectivity index (χ2v) is 20.2. The average Bonchev–Trinajstić information content (AvgIpc) is 3.18. The van der Waals surface area contributed by atoms with Crippen LogP contribution < -0.4 is 0 Å². The first-order valence-electron chi connectivity index (χ1n) is 21.2. The summed E-state index contributed by atoms with van der Waals surface area (Å²) in [5.41, 5.74) is -0.888. The van der Waals surface area contributed by atoms with E-state index in [1.807, 2.05) is 30.3 Å². The third kappa shape index (κ3) is 6.45. The summed E-state index contributed by atoms with van der Waals surface area (Å²) in [6.07, 6.45) is 2.43. The zero-order valence-corrected chi connectivity index (χ0v) is 34.1. The molecule has 0 radical (unpaired) electrons. The lowest BCUT2D eigenvalue weighted by Crippen LogP contribution is -2.70. The molecule has 11 nitrogen and oxygen atoms in total. The van der Waals surface area contributed by atoms with Gasteiger partial charge in [0, 0.05) is 18.6 Å². The fourth-order valence-corrected chi connectivity index (χ4v) is 13.9. The van der Waals surface area contributed by atoms with Gasteiger partial charge in [-0.2, -0.15) is 0 Å². The van der Waals surface area contributed by atoms with Crippen LogP contribution in [0.25, 0.3) is 0 Å². The number of aliphatic carboxylic acids is 1.